The Morgan fingerprint density at radius 1 is 0.982 bits per heavy atom. The smallest absolute Gasteiger partial charge is 0.433 e. The summed E-state index contributed by atoms with van der Waals surface area (Å²) in [6.07, 6.45) is 1.77. The highest BCUT2D eigenvalue weighted by molar-refractivity contribution is 6.05. The van der Waals surface area contributed by atoms with E-state index in [0.717, 1.165) is 87.1 Å². The Kier molecular flexibility index (Phi) is 10.3. The molecule has 57 heavy (non-hydrogen) atoms. The summed E-state index contributed by atoms with van der Waals surface area (Å²) in [5.74, 6) is -0.663. The van der Waals surface area contributed by atoms with Crippen LogP contribution in [0.1, 0.15) is 73.7 Å². The molecule has 0 bridgehead atoms. The summed E-state index contributed by atoms with van der Waals surface area (Å²) >= 11 is 0. The van der Waals surface area contributed by atoms with Crippen molar-refractivity contribution in [2.24, 2.45) is 5.92 Å². The van der Waals surface area contributed by atoms with E-state index < -0.39 is 29.7 Å². The molecule has 3 aromatic heterocycles. The molecule has 14 nitrogen and oxygen atoms in total. The van der Waals surface area contributed by atoms with Crippen molar-refractivity contribution in [1.82, 2.24) is 34.1 Å². The average Bonchev–Trinajstić information content (AvgIpc) is 3.75. The van der Waals surface area contributed by atoms with Gasteiger partial charge >= 0.3 is 11.9 Å². The van der Waals surface area contributed by atoms with E-state index in [1.54, 1.807) is 21.3 Å². The van der Waals surface area contributed by atoms with Crippen molar-refractivity contribution >= 4 is 51.0 Å². The van der Waals surface area contributed by atoms with Gasteiger partial charge < -0.3 is 15.0 Å². The predicted octanol–water partition coefficient (Wildman–Crippen LogP) is 5.38. The van der Waals surface area contributed by atoms with Gasteiger partial charge in [0, 0.05) is 63.3 Å². The molecule has 3 fully saturated rings. The lowest BCUT2D eigenvalue weighted by atomic mass is 9.85. The van der Waals surface area contributed by atoms with E-state index >= 15 is 0 Å². The standard InChI is InChI=1S/C40H44F3N9O5/c1-3-50-36-30(7-5-8-31(36)52(39(50)56)32-14-15-35(53)46-38(32)55)49-18-16-48(17-19-49)22-24-10-12-26(13-11-24)51-23-25-20-29(33(57-2)21-28(25)47-51)45-37(54)27-6-4-9-34(44-27)40(41,42)43/h4-9,20-21,23-24,26,32H,3,10-19,22H2,1-2H3,(H,45,54)(H,46,53,55). The molecular formula is C40H44F3N9O5. The zero-order chi connectivity index (χ0) is 40.0. The normalized spacial score (nSPS) is 20.9. The number of benzene rings is 2. The van der Waals surface area contributed by atoms with Crippen molar-refractivity contribution in [1.29, 1.82) is 0 Å². The molecule has 1 unspecified atom stereocenters. The summed E-state index contributed by atoms with van der Waals surface area (Å²) < 4.78 is 50.3. The van der Waals surface area contributed by atoms with E-state index in [9.17, 15) is 32.3 Å². The summed E-state index contributed by atoms with van der Waals surface area (Å²) in [5, 5.41) is 10.6. The molecular weight excluding hydrogens is 743 g/mol. The molecule has 300 valence electrons. The van der Waals surface area contributed by atoms with Crippen molar-refractivity contribution in [3.8, 4) is 5.75 Å². The first kappa shape index (κ1) is 38.2. The number of amides is 3. The van der Waals surface area contributed by atoms with E-state index in [-0.39, 0.29) is 29.8 Å². The third-order valence-electron chi connectivity index (χ3n) is 11.6. The number of hydrogen-bond acceptors (Lipinski definition) is 9. The van der Waals surface area contributed by atoms with Crippen LogP contribution in [0.25, 0.3) is 21.9 Å². The number of para-hydroxylation sites is 1. The fourth-order valence-electron chi connectivity index (χ4n) is 8.66. The largest absolute Gasteiger partial charge is 0.494 e. The zero-order valence-corrected chi connectivity index (χ0v) is 31.7. The molecule has 3 aliphatic rings. The molecule has 0 radical (unpaired) electrons. The minimum atomic E-state index is -4.67. The molecule has 2 N–H and O–H groups in total. The van der Waals surface area contributed by atoms with Crippen molar-refractivity contribution in [2.45, 2.75) is 70.3 Å². The van der Waals surface area contributed by atoms with Crippen LogP contribution in [0.15, 0.2) is 59.5 Å². The number of methoxy groups -OCH3 is 1. The lowest BCUT2D eigenvalue weighted by Crippen LogP contribution is -2.48. The van der Waals surface area contributed by atoms with Crippen molar-refractivity contribution in [3.63, 3.8) is 0 Å². The van der Waals surface area contributed by atoms with E-state index in [4.69, 9.17) is 9.84 Å². The first-order valence-corrected chi connectivity index (χ1v) is 19.4. The van der Waals surface area contributed by atoms with Gasteiger partial charge in [-0.15, -0.1) is 0 Å². The predicted molar refractivity (Wildman–Crippen MR) is 206 cm³/mol. The quantitative estimate of drug-likeness (QED) is 0.188. The number of piperazine rings is 1. The van der Waals surface area contributed by atoms with E-state index in [1.165, 1.54) is 13.2 Å². The highest BCUT2D eigenvalue weighted by Gasteiger charge is 2.34. The lowest BCUT2D eigenvalue weighted by molar-refractivity contribution is -0.141. The van der Waals surface area contributed by atoms with E-state index in [1.807, 2.05) is 36.0 Å². The number of nitrogens with zero attached hydrogens (tertiary/aromatic N) is 7. The number of piperidine rings is 1. The zero-order valence-electron chi connectivity index (χ0n) is 31.7. The van der Waals surface area contributed by atoms with Crippen LogP contribution in [0.2, 0.25) is 0 Å². The number of fused-ring (bicyclic) bond motifs is 2. The molecule has 3 amide bonds. The summed E-state index contributed by atoms with van der Waals surface area (Å²) in [5.41, 5.74) is 1.74. The number of halogens is 3. The molecule has 1 aliphatic carbocycles. The van der Waals surface area contributed by atoms with Crippen LogP contribution in [-0.4, -0.2) is 86.4 Å². The Bertz CT molecular complexity index is 2400. The third kappa shape index (κ3) is 7.47. The molecule has 1 atom stereocenters. The van der Waals surface area contributed by atoms with Gasteiger partial charge in [0.05, 0.1) is 41.1 Å². The minimum absolute atomic E-state index is 0.196. The van der Waals surface area contributed by atoms with Crippen LogP contribution in [0, 0.1) is 5.92 Å². The number of nitrogens with one attached hydrogen (secondary N) is 2. The van der Waals surface area contributed by atoms with Crippen molar-refractivity contribution in [3.05, 3.63) is 76.6 Å². The molecule has 0 spiro atoms. The molecule has 1 saturated carbocycles. The second kappa shape index (κ2) is 15.3. The maximum Gasteiger partial charge on any atom is 0.433 e. The van der Waals surface area contributed by atoms with Gasteiger partial charge in [-0.25, -0.2) is 9.78 Å². The Balaban J connectivity index is 0.885. The maximum absolute atomic E-state index is 13.6. The number of imidazole rings is 1. The lowest BCUT2D eigenvalue weighted by Gasteiger charge is -2.39. The highest BCUT2D eigenvalue weighted by Crippen LogP contribution is 2.37. The molecule has 2 aromatic carbocycles. The summed E-state index contributed by atoms with van der Waals surface area (Å²) in [6, 6.07) is 12.0. The van der Waals surface area contributed by atoms with Crippen LogP contribution >= 0.6 is 0 Å². The molecule has 17 heteroatoms. The summed E-state index contributed by atoms with van der Waals surface area (Å²) in [4.78, 5) is 59.5. The number of carbonyl (C=O) groups is 3. The van der Waals surface area contributed by atoms with Crippen LogP contribution in [0.3, 0.4) is 0 Å². The van der Waals surface area contributed by atoms with Crippen molar-refractivity contribution < 1.29 is 32.3 Å². The number of ether oxygens (including phenoxy) is 1. The molecule has 2 aliphatic heterocycles. The number of rotatable bonds is 9. The second-order valence-corrected chi connectivity index (χ2v) is 15.1. The number of pyridine rings is 1. The Hall–Kier alpha value is -5.71. The Morgan fingerprint density at radius 2 is 1.74 bits per heavy atom. The number of hydrogen-bond donors (Lipinski definition) is 2. The summed E-state index contributed by atoms with van der Waals surface area (Å²) in [6.45, 7) is 6.76. The van der Waals surface area contributed by atoms with Gasteiger partial charge in [-0.2, -0.15) is 18.3 Å². The number of carbonyl (C=O) groups excluding carboxylic acids is 3. The number of imide groups is 1. The van der Waals surface area contributed by atoms with Gasteiger partial charge in [0.25, 0.3) is 5.91 Å². The molecule has 5 aromatic rings. The number of alkyl halides is 3. The van der Waals surface area contributed by atoms with Crippen LogP contribution in [0.4, 0.5) is 24.5 Å². The number of anilines is 2. The monoisotopic (exact) mass is 787 g/mol. The van der Waals surface area contributed by atoms with Crippen molar-refractivity contribution in [2.75, 3.05) is 50.1 Å². The average molecular weight is 788 g/mol. The maximum atomic E-state index is 13.6. The molecule has 2 saturated heterocycles. The van der Waals surface area contributed by atoms with Gasteiger partial charge in [0.2, 0.25) is 11.8 Å². The second-order valence-electron chi connectivity index (χ2n) is 15.1. The fraction of sp³-hybridized carbons (Fsp3) is 0.450. The SMILES string of the molecule is CCn1c(=O)n(C2CCC(=O)NC2=O)c2cccc(N3CCN(CC4CCC(n5cc6cc(NC(=O)c7cccc(C(F)(F)F)n7)c(OC)cc6n5)CC4)CC3)c21. The van der Waals surface area contributed by atoms with Gasteiger partial charge in [-0.05, 0) is 75.3 Å². The van der Waals surface area contributed by atoms with Crippen LogP contribution < -0.4 is 26.0 Å². The Morgan fingerprint density at radius 3 is 2.44 bits per heavy atom. The van der Waals surface area contributed by atoms with Gasteiger partial charge in [0.15, 0.2) is 0 Å². The van der Waals surface area contributed by atoms with Gasteiger partial charge in [0.1, 0.15) is 23.2 Å². The topological polar surface area (TPSA) is 149 Å². The number of aromatic nitrogens is 5. The van der Waals surface area contributed by atoms with Crippen LogP contribution in [0.5, 0.6) is 5.75 Å². The molecule has 5 heterocycles. The first-order valence-electron chi connectivity index (χ1n) is 19.4. The molecule has 8 rings (SSSR count). The van der Waals surface area contributed by atoms with Gasteiger partial charge in [-0.1, -0.05) is 12.1 Å². The highest BCUT2D eigenvalue weighted by atomic mass is 19.4. The van der Waals surface area contributed by atoms with E-state index in [0.29, 0.717) is 41.4 Å². The van der Waals surface area contributed by atoms with E-state index in [2.05, 4.69) is 25.4 Å². The van der Waals surface area contributed by atoms with Gasteiger partial charge in [-0.3, -0.25) is 38.4 Å². The fourth-order valence-corrected chi connectivity index (χ4v) is 8.66. The first-order chi connectivity index (χ1) is 27.4. The number of aryl methyl sites for hydroxylation is 1. The Labute approximate surface area is 325 Å². The third-order valence-corrected chi connectivity index (χ3v) is 11.6. The minimum Gasteiger partial charge on any atom is -0.494 e. The van der Waals surface area contributed by atoms with Crippen LogP contribution in [-0.2, 0) is 22.3 Å². The summed E-state index contributed by atoms with van der Waals surface area (Å²) in [7, 11) is 1.45.